The van der Waals surface area contributed by atoms with Crippen molar-refractivity contribution in [3.05, 3.63) is 93.7 Å². The second kappa shape index (κ2) is 8.11. The highest BCUT2D eigenvalue weighted by atomic mass is 16.6. The smallest absolute Gasteiger partial charge is 0.275 e. The Morgan fingerprint density at radius 1 is 1.10 bits per heavy atom. The summed E-state index contributed by atoms with van der Waals surface area (Å²) in [6, 6.07) is 18.6. The number of amides is 1. The first-order valence-corrected chi connectivity index (χ1v) is 9.33. The maximum atomic E-state index is 12.4. The number of nitro groups is 1. The van der Waals surface area contributed by atoms with E-state index in [1.807, 2.05) is 24.3 Å². The fourth-order valence-electron chi connectivity index (χ4n) is 3.16. The first-order chi connectivity index (χ1) is 14.9. The molecular formula is C23H17N3O5. The molecule has 0 bridgehead atoms. The predicted molar refractivity (Wildman–Crippen MR) is 116 cm³/mol. The average Bonchev–Trinajstić information content (AvgIpc) is 3.22. The maximum Gasteiger partial charge on any atom is 0.275 e. The first-order valence-electron chi connectivity index (χ1n) is 9.33. The van der Waals surface area contributed by atoms with Crippen molar-refractivity contribution in [3.63, 3.8) is 0 Å². The van der Waals surface area contributed by atoms with Gasteiger partial charge in [0, 0.05) is 17.2 Å². The number of hydrogen-bond acceptors (Lipinski definition) is 6. The predicted octanol–water partition coefficient (Wildman–Crippen LogP) is 4.79. The van der Waals surface area contributed by atoms with E-state index >= 15 is 0 Å². The molecule has 0 saturated carbocycles. The number of aryl methyl sites for hydroxylation is 1. The van der Waals surface area contributed by atoms with Gasteiger partial charge in [-0.3, -0.25) is 14.9 Å². The van der Waals surface area contributed by atoms with Crippen LogP contribution >= 0.6 is 0 Å². The summed E-state index contributed by atoms with van der Waals surface area (Å²) in [5.41, 5.74) is 3.58. The molecule has 0 radical (unpaired) electrons. The fraction of sp³-hybridized carbons (Fsp3) is 0.0435. The molecule has 8 nitrogen and oxygen atoms in total. The average molecular weight is 415 g/mol. The molecule has 1 amide bonds. The van der Waals surface area contributed by atoms with E-state index in [2.05, 4.69) is 10.5 Å². The molecule has 0 spiro atoms. The van der Waals surface area contributed by atoms with Gasteiger partial charge in [-0.1, -0.05) is 36.4 Å². The molecule has 0 aliphatic heterocycles. The molecule has 4 rings (SSSR count). The van der Waals surface area contributed by atoms with Crippen LogP contribution in [0.15, 0.2) is 76.2 Å². The van der Waals surface area contributed by atoms with E-state index in [0.717, 1.165) is 10.8 Å². The van der Waals surface area contributed by atoms with Crippen molar-refractivity contribution in [2.24, 2.45) is 5.10 Å². The van der Waals surface area contributed by atoms with Gasteiger partial charge in [-0.25, -0.2) is 5.43 Å². The van der Waals surface area contributed by atoms with E-state index in [4.69, 9.17) is 4.42 Å². The SMILES string of the molecule is Cc1ccc(-c2ccc(C=NNC(=O)c3cc4ccccc4cc3O)o2)cc1[N+](=O)[O-]. The third-order valence-electron chi connectivity index (χ3n) is 4.78. The molecule has 1 heterocycles. The lowest BCUT2D eigenvalue weighted by Gasteiger charge is -2.05. The van der Waals surface area contributed by atoms with Crippen LogP contribution in [0.5, 0.6) is 5.75 Å². The molecule has 0 saturated heterocycles. The Balaban J connectivity index is 1.49. The number of furan rings is 1. The van der Waals surface area contributed by atoms with Crippen molar-refractivity contribution >= 4 is 28.6 Å². The number of phenolic OH excluding ortho intramolecular Hbond substituents is 1. The lowest BCUT2D eigenvalue weighted by atomic mass is 10.1. The van der Waals surface area contributed by atoms with Crippen molar-refractivity contribution in [1.29, 1.82) is 0 Å². The summed E-state index contributed by atoms with van der Waals surface area (Å²) in [6.07, 6.45) is 1.31. The number of carbonyl (C=O) groups excluding carboxylic acids is 1. The summed E-state index contributed by atoms with van der Waals surface area (Å²) < 4.78 is 5.64. The molecule has 0 fully saturated rings. The van der Waals surface area contributed by atoms with Gasteiger partial charge in [0.2, 0.25) is 0 Å². The van der Waals surface area contributed by atoms with Crippen LogP contribution in [0.25, 0.3) is 22.1 Å². The number of nitrogens with one attached hydrogen (secondary N) is 1. The van der Waals surface area contributed by atoms with E-state index in [1.165, 1.54) is 18.3 Å². The third kappa shape index (κ3) is 4.13. The van der Waals surface area contributed by atoms with Gasteiger partial charge in [0.05, 0.1) is 16.7 Å². The van der Waals surface area contributed by atoms with Gasteiger partial charge >= 0.3 is 0 Å². The second-order valence-electron chi connectivity index (χ2n) is 6.88. The number of phenols is 1. The Bertz CT molecular complexity index is 1340. The van der Waals surface area contributed by atoms with Crippen LogP contribution in [0.2, 0.25) is 0 Å². The zero-order valence-electron chi connectivity index (χ0n) is 16.4. The molecule has 3 aromatic carbocycles. The Labute approximate surface area is 176 Å². The summed E-state index contributed by atoms with van der Waals surface area (Å²) in [5, 5.41) is 26.8. The van der Waals surface area contributed by atoms with Crippen molar-refractivity contribution in [3.8, 4) is 17.1 Å². The molecule has 1 aromatic heterocycles. The number of aromatic hydroxyl groups is 1. The van der Waals surface area contributed by atoms with E-state index < -0.39 is 10.8 Å². The molecule has 8 heteroatoms. The van der Waals surface area contributed by atoms with Crippen LogP contribution in [0, 0.1) is 17.0 Å². The van der Waals surface area contributed by atoms with E-state index in [1.54, 1.807) is 37.3 Å². The lowest BCUT2D eigenvalue weighted by Crippen LogP contribution is -2.17. The number of nitrogens with zero attached hydrogens (tertiary/aromatic N) is 2. The lowest BCUT2D eigenvalue weighted by molar-refractivity contribution is -0.385. The molecular weight excluding hydrogens is 398 g/mol. The zero-order valence-corrected chi connectivity index (χ0v) is 16.4. The topological polar surface area (TPSA) is 118 Å². The van der Waals surface area contributed by atoms with Crippen molar-refractivity contribution in [1.82, 2.24) is 5.43 Å². The molecule has 0 aliphatic carbocycles. The van der Waals surface area contributed by atoms with Crippen LogP contribution in [0.4, 0.5) is 5.69 Å². The van der Waals surface area contributed by atoms with Crippen LogP contribution in [-0.2, 0) is 0 Å². The third-order valence-corrected chi connectivity index (χ3v) is 4.78. The highest BCUT2D eigenvalue weighted by Crippen LogP contribution is 2.28. The van der Waals surface area contributed by atoms with Crippen molar-refractivity contribution < 1.29 is 19.2 Å². The number of hydrogen-bond donors (Lipinski definition) is 2. The minimum absolute atomic E-state index is 0.00609. The summed E-state index contributed by atoms with van der Waals surface area (Å²) in [7, 11) is 0. The van der Waals surface area contributed by atoms with Crippen LogP contribution in [0.1, 0.15) is 21.7 Å². The van der Waals surface area contributed by atoms with E-state index in [0.29, 0.717) is 22.6 Å². The van der Waals surface area contributed by atoms with Gasteiger partial charge in [-0.2, -0.15) is 5.10 Å². The van der Waals surface area contributed by atoms with Gasteiger partial charge < -0.3 is 9.52 Å². The standard InChI is InChI=1S/C23H17N3O5/c1-14-6-7-17(11-20(14)26(29)30)22-9-8-18(31-22)13-24-25-23(28)19-10-15-4-2-3-5-16(15)12-21(19)27/h2-13,27H,1H3,(H,25,28). The van der Waals surface area contributed by atoms with Crippen molar-refractivity contribution in [2.45, 2.75) is 6.92 Å². The van der Waals surface area contributed by atoms with Gasteiger partial charge in [0.25, 0.3) is 11.6 Å². The summed E-state index contributed by atoms with van der Waals surface area (Å²) in [6.45, 7) is 1.66. The fourth-order valence-corrected chi connectivity index (χ4v) is 3.16. The number of benzene rings is 3. The Hall–Kier alpha value is -4.46. The molecule has 31 heavy (non-hydrogen) atoms. The summed E-state index contributed by atoms with van der Waals surface area (Å²) >= 11 is 0. The summed E-state index contributed by atoms with van der Waals surface area (Å²) in [5.74, 6) is 0.0670. The molecule has 0 unspecified atom stereocenters. The maximum absolute atomic E-state index is 12.4. The van der Waals surface area contributed by atoms with Crippen LogP contribution in [0.3, 0.4) is 0 Å². The number of rotatable bonds is 5. The van der Waals surface area contributed by atoms with E-state index in [9.17, 15) is 20.0 Å². The molecule has 154 valence electrons. The zero-order chi connectivity index (χ0) is 22.0. The molecule has 0 aliphatic rings. The highest BCUT2D eigenvalue weighted by molar-refractivity contribution is 6.01. The Kier molecular flexibility index (Phi) is 5.19. The minimum atomic E-state index is -0.569. The number of nitro benzene ring substituents is 1. The molecule has 4 aromatic rings. The number of fused-ring (bicyclic) bond motifs is 1. The number of hydrazone groups is 1. The van der Waals surface area contributed by atoms with Crippen LogP contribution < -0.4 is 5.43 Å². The minimum Gasteiger partial charge on any atom is -0.507 e. The van der Waals surface area contributed by atoms with E-state index in [-0.39, 0.29) is 17.0 Å². The van der Waals surface area contributed by atoms with Gasteiger partial charge in [-0.05, 0) is 42.0 Å². The quantitative estimate of drug-likeness (QED) is 0.276. The van der Waals surface area contributed by atoms with Gasteiger partial charge in [0.1, 0.15) is 17.3 Å². The van der Waals surface area contributed by atoms with Gasteiger partial charge in [-0.15, -0.1) is 0 Å². The van der Waals surface area contributed by atoms with Crippen LogP contribution in [-0.4, -0.2) is 22.2 Å². The first kappa shape index (κ1) is 19.8. The monoisotopic (exact) mass is 415 g/mol. The highest BCUT2D eigenvalue weighted by Gasteiger charge is 2.14. The molecule has 0 atom stereocenters. The molecule has 2 N–H and O–H groups in total. The summed E-state index contributed by atoms with van der Waals surface area (Å²) in [4.78, 5) is 23.1. The Morgan fingerprint density at radius 3 is 2.58 bits per heavy atom. The largest absolute Gasteiger partial charge is 0.507 e. The second-order valence-corrected chi connectivity index (χ2v) is 6.88. The van der Waals surface area contributed by atoms with Gasteiger partial charge in [0.15, 0.2) is 0 Å². The Morgan fingerprint density at radius 2 is 1.84 bits per heavy atom. The number of carbonyl (C=O) groups is 1. The van der Waals surface area contributed by atoms with Crippen molar-refractivity contribution in [2.75, 3.05) is 0 Å². The normalized spacial score (nSPS) is 11.1.